The van der Waals surface area contributed by atoms with E-state index >= 15 is 0 Å². The minimum absolute atomic E-state index is 0.0182. The van der Waals surface area contributed by atoms with Crippen molar-refractivity contribution in [1.29, 1.82) is 0 Å². The summed E-state index contributed by atoms with van der Waals surface area (Å²) in [5, 5.41) is 2.89. The SMILES string of the molecule is CCOC1(C(F)(F)F)CCNCC1. The van der Waals surface area contributed by atoms with E-state index in [0.29, 0.717) is 13.1 Å². The lowest BCUT2D eigenvalue weighted by Crippen LogP contribution is -2.54. The highest BCUT2D eigenvalue weighted by Crippen LogP contribution is 2.39. The van der Waals surface area contributed by atoms with E-state index in [2.05, 4.69) is 5.32 Å². The summed E-state index contributed by atoms with van der Waals surface area (Å²) in [6, 6.07) is 0. The zero-order chi connectivity index (χ0) is 9.95. The van der Waals surface area contributed by atoms with Gasteiger partial charge in [-0.15, -0.1) is 0 Å². The Morgan fingerprint density at radius 3 is 2.23 bits per heavy atom. The number of hydrogen-bond acceptors (Lipinski definition) is 2. The van der Waals surface area contributed by atoms with Gasteiger partial charge in [0, 0.05) is 6.61 Å². The summed E-state index contributed by atoms with van der Waals surface area (Å²) >= 11 is 0. The lowest BCUT2D eigenvalue weighted by atomic mass is 9.91. The van der Waals surface area contributed by atoms with E-state index < -0.39 is 11.8 Å². The van der Waals surface area contributed by atoms with Crippen molar-refractivity contribution in [1.82, 2.24) is 5.32 Å². The molecule has 0 atom stereocenters. The molecule has 1 aliphatic heterocycles. The molecule has 0 amide bonds. The second-order valence-corrected chi connectivity index (χ2v) is 3.18. The number of hydrogen-bond donors (Lipinski definition) is 1. The Labute approximate surface area is 75.4 Å². The lowest BCUT2D eigenvalue weighted by molar-refractivity contribution is -0.284. The molecule has 2 nitrogen and oxygen atoms in total. The molecule has 0 aromatic heterocycles. The van der Waals surface area contributed by atoms with Crippen LogP contribution >= 0.6 is 0 Å². The number of ether oxygens (including phenoxy) is 1. The highest BCUT2D eigenvalue weighted by atomic mass is 19.4. The third-order valence-corrected chi connectivity index (χ3v) is 2.35. The quantitative estimate of drug-likeness (QED) is 0.727. The van der Waals surface area contributed by atoms with E-state index in [-0.39, 0.29) is 19.4 Å². The fourth-order valence-electron chi connectivity index (χ4n) is 1.62. The minimum Gasteiger partial charge on any atom is -0.366 e. The average Bonchev–Trinajstić information content (AvgIpc) is 2.04. The summed E-state index contributed by atoms with van der Waals surface area (Å²) in [5.74, 6) is 0. The molecule has 1 N–H and O–H groups in total. The maximum Gasteiger partial charge on any atom is 0.417 e. The molecule has 0 aromatic carbocycles. The largest absolute Gasteiger partial charge is 0.417 e. The molecule has 0 saturated carbocycles. The van der Waals surface area contributed by atoms with Gasteiger partial charge in [0.15, 0.2) is 5.60 Å². The summed E-state index contributed by atoms with van der Waals surface area (Å²) in [4.78, 5) is 0. The van der Waals surface area contributed by atoms with Gasteiger partial charge >= 0.3 is 6.18 Å². The molecule has 1 heterocycles. The van der Waals surface area contributed by atoms with Crippen LogP contribution in [-0.4, -0.2) is 31.5 Å². The van der Waals surface area contributed by atoms with Crippen LogP contribution in [-0.2, 0) is 4.74 Å². The van der Waals surface area contributed by atoms with Crippen LogP contribution in [0, 0.1) is 0 Å². The van der Waals surface area contributed by atoms with Crippen LogP contribution in [0.4, 0.5) is 13.2 Å². The standard InChI is InChI=1S/C8H14F3NO/c1-2-13-7(8(9,10)11)3-5-12-6-4-7/h12H,2-6H2,1H3. The Kier molecular flexibility index (Phi) is 3.18. The summed E-state index contributed by atoms with van der Waals surface area (Å²) in [7, 11) is 0. The monoisotopic (exact) mass is 197 g/mol. The second-order valence-electron chi connectivity index (χ2n) is 3.18. The van der Waals surface area contributed by atoms with Crippen molar-refractivity contribution < 1.29 is 17.9 Å². The first-order chi connectivity index (χ1) is 6.02. The molecule has 78 valence electrons. The van der Waals surface area contributed by atoms with Crippen molar-refractivity contribution in [2.75, 3.05) is 19.7 Å². The van der Waals surface area contributed by atoms with Gasteiger partial charge in [-0.05, 0) is 32.9 Å². The van der Waals surface area contributed by atoms with Gasteiger partial charge in [0.25, 0.3) is 0 Å². The molecule has 13 heavy (non-hydrogen) atoms. The Morgan fingerprint density at radius 2 is 1.85 bits per heavy atom. The third-order valence-electron chi connectivity index (χ3n) is 2.35. The summed E-state index contributed by atoms with van der Waals surface area (Å²) in [5.41, 5.74) is -1.90. The van der Waals surface area contributed by atoms with Gasteiger partial charge in [-0.25, -0.2) is 0 Å². The summed E-state index contributed by atoms with van der Waals surface area (Å²) in [6.45, 7) is 2.45. The van der Waals surface area contributed by atoms with Gasteiger partial charge in [0.2, 0.25) is 0 Å². The van der Waals surface area contributed by atoms with Gasteiger partial charge in [-0.3, -0.25) is 0 Å². The van der Waals surface area contributed by atoms with Crippen molar-refractivity contribution in [2.45, 2.75) is 31.5 Å². The van der Waals surface area contributed by atoms with Crippen LogP contribution in [0.2, 0.25) is 0 Å². The first kappa shape index (κ1) is 10.8. The maximum atomic E-state index is 12.6. The molecule has 1 aliphatic rings. The third kappa shape index (κ3) is 2.14. The van der Waals surface area contributed by atoms with Crippen LogP contribution in [0.25, 0.3) is 0 Å². The Hall–Kier alpha value is -0.290. The smallest absolute Gasteiger partial charge is 0.366 e. The predicted octanol–water partition coefficient (Wildman–Crippen LogP) is 1.71. The first-order valence-electron chi connectivity index (χ1n) is 4.43. The van der Waals surface area contributed by atoms with E-state index in [0.717, 1.165) is 0 Å². The fraction of sp³-hybridized carbons (Fsp3) is 1.00. The van der Waals surface area contributed by atoms with Crippen LogP contribution in [0.1, 0.15) is 19.8 Å². The molecule has 1 saturated heterocycles. The van der Waals surface area contributed by atoms with Crippen molar-refractivity contribution in [2.24, 2.45) is 0 Å². The van der Waals surface area contributed by atoms with Crippen molar-refractivity contribution in [3.05, 3.63) is 0 Å². The van der Waals surface area contributed by atoms with Crippen molar-refractivity contribution in [3.63, 3.8) is 0 Å². The van der Waals surface area contributed by atoms with Gasteiger partial charge in [0.05, 0.1) is 0 Å². The Bertz CT molecular complexity index is 158. The number of nitrogens with one attached hydrogen (secondary N) is 1. The molecule has 5 heteroatoms. The summed E-state index contributed by atoms with van der Waals surface area (Å²) < 4.78 is 42.8. The second kappa shape index (κ2) is 3.84. The highest BCUT2D eigenvalue weighted by Gasteiger charge is 2.55. The molecule has 1 rings (SSSR count). The van der Waals surface area contributed by atoms with Gasteiger partial charge in [-0.2, -0.15) is 13.2 Å². The topological polar surface area (TPSA) is 21.3 Å². The number of rotatable bonds is 2. The van der Waals surface area contributed by atoms with E-state index in [1.54, 1.807) is 6.92 Å². The minimum atomic E-state index is -4.24. The first-order valence-corrected chi connectivity index (χ1v) is 4.43. The van der Waals surface area contributed by atoms with Crippen LogP contribution in [0.5, 0.6) is 0 Å². The van der Waals surface area contributed by atoms with Gasteiger partial charge in [-0.1, -0.05) is 0 Å². The number of piperidine rings is 1. The molecular weight excluding hydrogens is 183 g/mol. The van der Waals surface area contributed by atoms with Crippen LogP contribution in [0.3, 0.4) is 0 Å². The summed E-state index contributed by atoms with van der Waals surface area (Å²) in [6.07, 6.45) is -4.21. The number of alkyl halides is 3. The molecule has 0 radical (unpaired) electrons. The lowest BCUT2D eigenvalue weighted by Gasteiger charge is -2.38. The molecule has 0 aromatic rings. The zero-order valence-corrected chi connectivity index (χ0v) is 7.58. The molecule has 0 spiro atoms. The van der Waals surface area contributed by atoms with E-state index in [1.165, 1.54) is 0 Å². The normalized spacial score (nSPS) is 23.1. The van der Waals surface area contributed by atoms with Crippen molar-refractivity contribution >= 4 is 0 Å². The van der Waals surface area contributed by atoms with Crippen molar-refractivity contribution in [3.8, 4) is 0 Å². The van der Waals surface area contributed by atoms with Crippen LogP contribution < -0.4 is 5.32 Å². The van der Waals surface area contributed by atoms with Crippen LogP contribution in [0.15, 0.2) is 0 Å². The molecule has 0 bridgehead atoms. The molecule has 0 unspecified atom stereocenters. The molecule has 0 aliphatic carbocycles. The molecule has 1 fully saturated rings. The predicted molar refractivity (Wildman–Crippen MR) is 42.5 cm³/mol. The Balaban J connectivity index is 2.73. The average molecular weight is 197 g/mol. The van der Waals surface area contributed by atoms with Gasteiger partial charge in [0.1, 0.15) is 0 Å². The maximum absolute atomic E-state index is 12.6. The number of halogens is 3. The van der Waals surface area contributed by atoms with E-state index in [4.69, 9.17) is 4.74 Å². The fourth-order valence-corrected chi connectivity index (χ4v) is 1.62. The van der Waals surface area contributed by atoms with E-state index in [9.17, 15) is 13.2 Å². The Morgan fingerprint density at radius 1 is 1.31 bits per heavy atom. The molecular formula is C8H14F3NO. The van der Waals surface area contributed by atoms with E-state index in [1.807, 2.05) is 0 Å². The zero-order valence-electron chi connectivity index (χ0n) is 7.58. The highest BCUT2D eigenvalue weighted by molar-refractivity contribution is 4.92. The van der Waals surface area contributed by atoms with Gasteiger partial charge < -0.3 is 10.1 Å².